The molecule has 1 atom stereocenters. The predicted octanol–water partition coefficient (Wildman–Crippen LogP) is 4.86. The third kappa shape index (κ3) is 4.45. The predicted molar refractivity (Wildman–Crippen MR) is 81.9 cm³/mol. The molecule has 0 spiro atoms. The molecule has 0 amide bonds. The maximum absolute atomic E-state index is 5.61. The molecule has 0 saturated heterocycles. The van der Waals surface area contributed by atoms with Gasteiger partial charge in [-0.2, -0.15) is 0 Å². The lowest BCUT2D eigenvalue weighted by Gasteiger charge is -2.36. The van der Waals surface area contributed by atoms with E-state index in [9.17, 15) is 0 Å². The van der Waals surface area contributed by atoms with Gasteiger partial charge in [0.05, 0.1) is 6.61 Å². The van der Waals surface area contributed by atoms with E-state index in [1.165, 1.54) is 31.4 Å². The standard InChI is InChI=1S/C17H27NO/c1-4-12-19-16-9-7-14(8-10-16)18-15-6-5-11-17(2,3)13-15/h7-10,15,18H,4-6,11-13H2,1-3H3. The Morgan fingerprint density at radius 1 is 1.26 bits per heavy atom. The van der Waals surface area contributed by atoms with Gasteiger partial charge >= 0.3 is 0 Å². The van der Waals surface area contributed by atoms with Gasteiger partial charge in [-0.15, -0.1) is 0 Å². The van der Waals surface area contributed by atoms with Gasteiger partial charge in [0, 0.05) is 11.7 Å². The SMILES string of the molecule is CCCOc1ccc(NC2CCCC(C)(C)C2)cc1. The smallest absolute Gasteiger partial charge is 0.119 e. The summed E-state index contributed by atoms with van der Waals surface area (Å²) in [6.07, 6.45) is 6.30. The van der Waals surface area contributed by atoms with Gasteiger partial charge in [-0.1, -0.05) is 27.2 Å². The summed E-state index contributed by atoms with van der Waals surface area (Å²) in [6.45, 7) is 7.68. The fraction of sp³-hybridized carbons (Fsp3) is 0.647. The number of nitrogens with one attached hydrogen (secondary N) is 1. The second kappa shape index (κ2) is 6.31. The second-order valence-electron chi connectivity index (χ2n) is 6.47. The summed E-state index contributed by atoms with van der Waals surface area (Å²) < 4.78 is 5.61. The molecule has 1 aromatic carbocycles. The Bertz CT molecular complexity index is 383. The number of ether oxygens (including phenoxy) is 1. The monoisotopic (exact) mass is 261 g/mol. The van der Waals surface area contributed by atoms with Crippen LogP contribution in [0.3, 0.4) is 0 Å². The number of rotatable bonds is 5. The van der Waals surface area contributed by atoms with Crippen molar-refractivity contribution in [1.82, 2.24) is 0 Å². The van der Waals surface area contributed by atoms with E-state index >= 15 is 0 Å². The van der Waals surface area contributed by atoms with Crippen LogP contribution >= 0.6 is 0 Å². The first-order valence-electron chi connectivity index (χ1n) is 7.58. The molecule has 0 aromatic heterocycles. The Hall–Kier alpha value is -1.18. The molecule has 1 aliphatic rings. The van der Waals surface area contributed by atoms with Crippen molar-refractivity contribution < 1.29 is 4.74 Å². The summed E-state index contributed by atoms with van der Waals surface area (Å²) in [5.41, 5.74) is 1.70. The second-order valence-corrected chi connectivity index (χ2v) is 6.47. The molecule has 2 nitrogen and oxygen atoms in total. The molecule has 0 aliphatic heterocycles. The minimum atomic E-state index is 0.486. The first kappa shape index (κ1) is 14.2. The fourth-order valence-corrected chi connectivity index (χ4v) is 2.92. The van der Waals surface area contributed by atoms with Gasteiger partial charge in [-0.25, -0.2) is 0 Å². The molecule has 1 aromatic rings. The minimum Gasteiger partial charge on any atom is -0.494 e. The first-order chi connectivity index (χ1) is 9.09. The van der Waals surface area contributed by atoms with Crippen LogP contribution in [0.2, 0.25) is 0 Å². The Labute approximate surface area is 117 Å². The normalized spacial score (nSPS) is 21.9. The van der Waals surface area contributed by atoms with Gasteiger partial charge in [0.25, 0.3) is 0 Å². The van der Waals surface area contributed by atoms with E-state index in [-0.39, 0.29) is 0 Å². The molecular weight excluding hydrogens is 234 g/mol. The van der Waals surface area contributed by atoms with E-state index in [0.717, 1.165) is 18.8 Å². The molecular formula is C17H27NO. The van der Waals surface area contributed by atoms with Crippen LogP contribution in [0.5, 0.6) is 5.75 Å². The van der Waals surface area contributed by atoms with E-state index in [4.69, 9.17) is 4.74 Å². The fourth-order valence-electron chi connectivity index (χ4n) is 2.92. The van der Waals surface area contributed by atoms with E-state index in [1.54, 1.807) is 0 Å². The molecule has 0 radical (unpaired) electrons. The number of anilines is 1. The van der Waals surface area contributed by atoms with Crippen molar-refractivity contribution in [3.63, 3.8) is 0 Å². The number of hydrogen-bond acceptors (Lipinski definition) is 2. The summed E-state index contributed by atoms with van der Waals surface area (Å²) in [4.78, 5) is 0. The lowest BCUT2D eigenvalue weighted by molar-refractivity contribution is 0.229. The molecule has 0 bridgehead atoms. The van der Waals surface area contributed by atoms with Crippen molar-refractivity contribution in [3.8, 4) is 5.75 Å². The third-order valence-electron chi connectivity index (χ3n) is 3.90. The zero-order valence-corrected chi connectivity index (χ0v) is 12.5. The molecule has 106 valence electrons. The van der Waals surface area contributed by atoms with Crippen LogP contribution in [0, 0.1) is 5.41 Å². The summed E-state index contributed by atoms with van der Waals surface area (Å²) in [6, 6.07) is 9.00. The average molecular weight is 261 g/mol. The highest BCUT2D eigenvalue weighted by Crippen LogP contribution is 2.36. The topological polar surface area (TPSA) is 21.3 Å². The van der Waals surface area contributed by atoms with Crippen LogP contribution in [0.4, 0.5) is 5.69 Å². The summed E-state index contributed by atoms with van der Waals surface area (Å²) in [5, 5.41) is 3.66. The summed E-state index contributed by atoms with van der Waals surface area (Å²) >= 11 is 0. The number of benzene rings is 1. The molecule has 2 rings (SSSR count). The molecule has 19 heavy (non-hydrogen) atoms. The summed E-state index contributed by atoms with van der Waals surface area (Å²) in [5.74, 6) is 0.969. The average Bonchev–Trinajstić information content (AvgIpc) is 2.37. The Morgan fingerprint density at radius 2 is 2.00 bits per heavy atom. The third-order valence-corrected chi connectivity index (χ3v) is 3.90. The first-order valence-corrected chi connectivity index (χ1v) is 7.58. The van der Waals surface area contributed by atoms with E-state index in [2.05, 4.69) is 50.4 Å². The summed E-state index contributed by atoms with van der Waals surface area (Å²) in [7, 11) is 0. The van der Waals surface area contributed by atoms with Crippen LogP contribution < -0.4 is 10.1 Å². The van der Waals surface area contributed by atoms with Crippen LogP contribution in [0.15, 0.2) is 24.3 Å². The molecule has 1 fully saturated rings. The van der Waals surface area contributed by atoms with Crippen LogP contribution in [-0.2, 0) is 0 Å². The zero-order valence-electron chi connectivity index (χ0n) is 12.5. The highest BCUT2D eigenvalue weighted by molar-refractivity contribution is 5.47. The molecule has 1 N–H and O–H groups in total. The van der Waals surface area contributed by atoms with E-state index in [0.29, 0.717) is 11.5 Å². The molecule has 1 aliphatic carbocycles. The van der Waals surface area contributed by atoms with Crippen molar-refractivity contribution >= 4 is 5.69 Å². The quantitative estimate of drug-likeness (QED) is 0.817. The van der Waals surface area contributed by atoms with Gasteiger partial charge in [-0.3, -0.25) is 0 Å². The van der Waals surface area contributed by atoms with Crippen LogP contribution in [-0.4, -0.2) is 12.6 Å². The Balaban J connectivity index is 1.88. The van der Waals surface area contributed by atoms with Gasteiger partial charge in [-0.05, 0) is 55.4 Å². The highest BCUT2D eigenvalue weighted by atomic mass is 16.5. The molecule has 1 saturated carbocycles. The van der Waals surface area contributed by atoms with Crippen molar-refractivity contribution in [2.45, 2.75) is 58.9 Å². The minimum absolute atomic E-state index is 0.486. The Kier molecular flexibility index (Phi) is 4.73. The lowest BCUT2D eigenvalue weighted by Crippen LogP contribution is -2.31. The van der Waals surface area contributed by atoms with Crippen molar-refractivity contribution in [1.29, 1.82) is 0 Å². The van der Waals surface area contributed by atoms with Crippen LogP contribution in [0.25, 0.3) is 0 Å². The zero-order chi connectivity index (χ0) is 13.7. The van der Waals surface area contributed by atoms with E-state index in [1.807, 2.05) is 0 Å². The number of hydrogen-bond donors (Lipinski definition) is 1. The van der Waals surface area contributed by atoms with Gasteiger partial charge in [0.15, 0.2) is 0 Å². The van der Waals surface area contributed by atoms with E-state index < -0.39 is 0 Å². The van der Waals surface area contributed by atoms with Gasteiger partial charge in [0.2, 0.25) is 0 Å². The van der Waals surface area contributed by atoms with Gasteiger partial charge < -0.3 is 10.1 Å². The maximum Gasteiger partial charge on any atom is 0.119 e. The van der Waals surface area contributed by atoms with Crippen molar-refractivity contribution in [2.24, 2.45) is 5.41 Å². The van der Waals surface area contributed by atoms with Gasteiger partial charge in [0.1, 0.15) is 5.75 Å². The maximum atomic E-state index is 5.61. The Morgan fingerprint density at radius 3 is 2.63 bits per heavy atom. The van der Waals surface area contributed by atoms with Crippen LogP contribution in [0.1, 0.15) is 52.9 Å². The highest BCUT2D eigenvalue weighted by Gasteiger charge is 2.27. The van der Waals surface area contributed by atoms with Crippen molar-refractivity contribution in [2.75, 3.05) is 11.9 Å². The molecule has 2 heteroatoms. The lowest BCUT2D eigenvalue weighted by atomic mass is 9.75. The van der Waals surface area contributed by atoms with Crippen molar-refractivity contribution in [3.05, 3.63) is 24.3 Å². The molecule has 1 unspecified atom stereocenters. The largest absolute Gasteiger partial charge is 0.494 e. The molecule has 0 heterocycles.